The molecule has 3 aromatic rings. The van der Waals surface area contributed by atoms with Crippen LogP contribution in [0.15, 0.2) is 54.7 Å². The Kier molecular flexibility index (Phi) is 4.70. The number of fused-ring (bicyclic) bond motifs is 1. The van der Waals surface area contributed by atoms with Gasteiger partial charge in [0, 0.05) is 22.9 Å². The molecule has 0 aliphatic heterocycles. The van der Waals surface area contributed by atoms with E-state index in [2.05, 4.69) is 4.98 Å². The summed E-state index contributed by atoms with van der Waals surface area (Å²) in [7, 11) is 0. The lowest BCUT2D eigenvalue weighted by Gasteiger charge is -2.42. The molecule has 0 radical (unpaired) electrons. The van der Waals surface area contributed by atoms with Gasteiger partial charge in [0.1, 0.15) is 0 Å². The summed E-state index contributed by atoms with van der Waals surface area (Å²) in [6.45, 7) is 3.73. The predicted molar refractivity (Wildman–Crippen MR) is 102 cm³/mol. The average Bonchev–Trinajstić information content (AvgIpc) is 2.71. The second-order valence-electron chi connectivity index (χ2n) is 7.86. The first kappa shape index (κ1) is 22.2. The third-order valence-electron chi connectivity index (χ3n) is 5.49. The summed E-state index contributed by atoms with van der Waals surface area (Å²) in [6, 6.07) is 10.1. The molecule has 1 aromatic heterocycles. The fourth-order valence-corrected chi connectivity index (χ4v) is 3.88. The van der Waals surface area contributed by atoms with E-state index in [1.807, 2.05) is 32.0 Å². The van der Waals surface area contributed by atoms with Crippen molar-refractivity contribution in [2.24, 2.45) is 0 Å². The average molecular weight is 457 g/mol. The van der Waals surface area contributed by atoms with Crippen LogP contribution in [0.2, 0.25) is 0 Å². The molecule has 0 N–H and O–H groups in total. The van der Waals surface area contributed by atoms with E-state index in [0.29, 0.717) is 23.4 Å². The number of hydrogen-bond donors (Lipinski definition) is 0. The molecular weight excluding hydrogens is 442 g/mol. The quantitative estimate of drug-likeness (QED) is 0.363. The Labute approximate surface area is 177 Å². The van der Waals surface area contributed by atoms with Crippen molar-refractivity contribution >= 4 is 0 Å². The van der Waals surface area contributed by atoms with Crippen LogP contribution in [0.3, 0.4) is 0 Å². The number of alkyl halides is 8. The maximum absolute atomic E-state index is 14.4. The molecule has 0 atom stereocenters. The highest BCUT2D eigenvalue weighted by Gasteiger charge is 2.85. The summed E-state index contributed by atoms with van der Waals surface area (Å²) in [4.78, 5) is 4.21. The molecule has 32 heavy (non-hydrogen) atoms. The number of aromatic nitrogens is 1. The van der Waals surface area contributed by atoms with E-state index in [0.717, 1.165) is 17.2 Å². The molecule has 1 aliphatic rings. The summed E-state index contributed by atoms with van der Waals surface area (Å²) in [5, 5.41) is 0. The van der Waals surface area contributed by atoms with Crippen molar-refractivity contribution in [3.63, 3.8) is 0 Å². The fraction of sp³-hybridized carbons (Fsp3) is 0.261. The first-order chi connectivity index (χ1) is 14.7. The van der Waals surface area contributed by atoms with Crippen LogP contribution in [0, 0.1) is 13.8 Å². The highest BCUT2D eigenvalue weighted by Crippen LogP contribution is 2.64. The van der Waals surface area contributed by atoms with Gasteiger partial charge in [0.05, 0.1) is 5.69 Å². The van der Waals surface area contributed by atoms with Gasteiger partial charge in [-0.15, -0.1) is 0 Å². The van der Waals surface area contributed by atoms with Gasteiger partial charge >= 0.3 is 23.7 Å². The molecule has 1 nitrogen and oxygen atoms in total. The van der Waals surface area contributed by atoms with Crippen molar-refractivity contribution in [2.75, 3.05) is 0 Å². The minimum atomic E-state index is -6.28. The van der Waals surface area contributed by atoms with Crippen molar-refractivity contribution in [3.8, 4) is 22.4 Å². The van der Waals surface area contributed by atoms with Crippen LogP contribution >= 0.6 is 0 Å². The Morgan fingerprint density at radius 3 is 1.69 bits per heavy atom. The Morgan fingerprint density at radius 1 is 0.562 bits per heavy atom. The lowest BCUT2D eigenvalue weighted by atomic mass is 9.79. The van der Waals surface area contributed by atoms with Crippen LogP contribution in [0.1, 0.15) is 22.3 Å². The summed E-state index contributed by atoms with van der Waals surface area (Å²) in [5.41, 5.74) is -0.556. The number of pyridine rings is 1. The monoisotopic (exact) mass is 457 g/mol. The van der Waals surface area contributed by atoms with Crippen LogP contribution in [0.5, 0.6) is 0 Å². The van der Waals surface area contributed by atoms with Crippen LogP contribution in [0.4, 0.5) is 35.1 Å². The molecule has 0 saturated carbocycles. The van der Waals surface area contributed by atoms with Crippen LogP contribution in [-0.2, 0) is 11.8 Å². The minimum absolute atomic E-state index is 0.117. The van der Waals surface area contributed by atoms with Gasteiger partial charge in [0.2, 0.25) is 0 Å². The first-order valence-corrected chi connectivity index (χ1v) is 9.41. The summed E-state index contributed by atoms with van der Waals surface area (Å²) in [5.74, 6) is -23.5. The zero-order chi connectivity index (χ0) is 23.7. The van der Waals surface area contributed by atoms with Crippen LogP contribution < -0.4 is 0 Å². The first-order valence-electron chi connectivity index (χ1n) is 9.41. The Balaban J connectivity index is 1.88. The molecular formula is C23H15F8N. The van der Waals surface area contributed by atoms with Gasteiger partial charge in [-0.2, -0.15) is 35.1 Å². The molecule has 0 saturated heterocycles. The van der Waals surface area contributed by atoms with Gasteiger partial charge in [-0.05, 0) is 55.3 Å². The van der Waals surface area contributed by atoms with E-state index in [1.165, 1.54) is 18.3 Å². The van der Waals surface area contributed by atoms with Gasteiger partial charge < -0.3 is 0 Å². The van der Waals surface area contributed by atoms with Gasteiger partial charge in [-0.3, -0.25) is 4.98 Å². The van der Waals surface area contributed by atoms with E-state index < -0.39 is 34.8 Å². The van der Waals surface area contributed by atoms with E-state index in [9.17, 15) is 35.1 Å². The number of aryl methyl sites for hydroxylation is 2. The van der Waals surface area contributed by atoms with Gasteiger partial charge in [-0.25, -0.2) is 0 Å². The third kappa shape index (κ3) is 2.93. The van der Waals surface area contributed by atoms with E-state index >= 15 is 0 Å². The topological polar surface area (TPSA) is 12.9 Å². The highest BCUT2D eigenvalue weighted by molar-refractivity contribution is 5.72. The predicted octanol–water partition coefficient (Wildman–Crippen LogP) is 7.50. The van der Waals surface area contributed by atoms with Crippen molar-refractivity contribution in [1.29, 1.82) is 0 Å². The Morgan fingerprint density at radius 2 is 1.09 bits per heavy atom. The molecule has 0 fully saturated rings. The zero-order valence-corrected chi connectivity index (χ0v) is 16.7. The van der Waals surface area contributed by atoms with Gasteiger partial charge in [0.25, 0.3) is 0 Å². The standard InChI is InChI=1S/C23H15F8N/c1-12-7-13(2)9-16(8-12)19-11-15(5-6-32-19)14-3-4-17-18(10-14)21(26,27)23(30,31)22(28,29)20(17,24)25/h3-11H,1-2H3. The van der Waals surface area contributed by atoms with Crippen molar-refractivity contribution in [2.45, 2.75) is 37.5 Å². The van der Waals surface area contributed by atoms with Crippen LogP contribution in [-0.4, -0.2) is 16.8 Å². The van der Waals surface area contributed by atoms with Crippen LogP contribution in [0.25, 0.3) is 22.4 Å². The molecule has 0 unspecified atom stereocenters. The molecule has 0 spiro atoms. The Bertz CT molecular complexity index is 1200. The summed E-state index contributed by atoms with van der Waals surface area (Å²) < 4.78 is 112. The Hall–Kier alpha value is -2.97. The number of halogens is 8. The smallest absolute Gasteiger partial charge is 0.256 e. The second-order valence-corrected chi connectivity index (χ2v) is 7.86. The SMILES string of the molecule is Cc1cc(C)cc(-c2cc(-c3ccc4c(c3)C(F)(F)C(F)(F)C(F)(F)C4(F)F)ccn2)c1. The van der Waals surface area contributed by atoms with E-state index in [1.54, 1.807) is 0 Å². The fourth-order valence-electron chi connectivity index (χ4n) is 3.88. The molecule has 1 heterocycles. The highest BCUT2D eigenvalue weighted by atomic mass is 19.4. The summed E-state index contributed by atoms with van der Waals surface area (Å²) in [6.07, 6.45) is 1.34. The molecule has 4 rings (SSSR count). The number of rotatable bonds is 2. The van der Waals surface area contributed by atoms with Crippen molar-refractivity contribution in [3.05, 3.63) is 77.0 Å². The molecule has 1 aliphatic carbocycles. The number of nitrogens with zero attached hydrogens (tertiary/aromatic N) is 1. The zero-order valence-electron chi connectivity index (χ0n) is 16.7. The summed E-state index contributed by atoms with van der Waals surface area (Å²) >= 11 is 0. The van der Waals surface area contributed by atoms with Crippen molar-refractivity contribution in [1.82, 2.24) is 4.98 Å². The lowest BCUT2D eigenvalue weighted by Crippen LogP contribution is -2.63. The largest absolute Gasteiger partial charge is 0.382 e. The molecule has 168 valence electrons. The lowest BCUT2D eigenvalue weighted by molar-refractivity contribution is -0.386. The van der Waals surface area contributed by atoms with Gasteiger partial charge in [0.15, 0.2) is 0 Å². The maximum atomic E-state index is 14.4. The maximum Gasteiger partial charge on any atom is 0.382 e. The molecule has 0 bridgehead atoms. The minimum Gasteiger partial charge on any atom is -0.256 e. The molecule has 0 amide bonds. The van der Waals surface area contributed by atoms with Crippen molar-refractivity contribution < 1.29 is 35.1 Å². The normalized spacial score (nSPS) is 19.9. The third-order valence-corrected chi connectivity index (χ3v) is 5.49. The second kappa shape index (κ2) is 6.76. The number of hydrogen-bond acceptors (Lipinski definition) is 1. The molecule has 2 aromatic carbocycles. The molecule has 9 heteroatoms. The van der Waals surface area contributed by atoms with Gasteiger partial charge in [-0.1, -0.05) is 29.3 Å². The van der Waals surface area contributed by atoms with E-state index in [-0.39, 0.29) is 11.1 Å². The van der Waals surface area contributed by atoms with E-state index in [4.69, 9.17) is 0 Å². The number of benzene rings is 2.